The summed E-state index contributed by atoms with van der Waals surface area (Å²) in [7, 11) is 0. The zero-order chi connectivity index (χ0) is 15.5. The van der Waals surface area contributed by atoms with Crippen LogP contribution in [0.3, 0.4) is 0 Å². The number of nitrogens with zero attached hydrogens (tertiary/aromatic N) is 3. The monoisotopic (exact) mass is 357 g/mol. The molecule has 6 nitrogen and oxygen atoms in total. The second-order valence-electron chi connectivity index (χ2n) is 4.59. The van der Waals surface area contributed by atoms with Crippen molar-refractivity contribution in [2.75, 3.05) is 11.1 Å². The van der Waals surface area contributed by atoms with Gasteiger partial charge in [-0.1, -0.05) is 22.0 Å². The molecule has 3 rings (SSSR count). The summed E-state index contributed by atoms with van der Waals surface area (Å²) in [6.07, 6.45) is 4.78. The first kappa shape index (κ1) is 14.3. The molecule has 0 atom stereocenters. The molecule has 0 aliphatic carbocycles. The molecule has 1 amide bonds. The molecule has 3 N–H and O–H groups in total. The van der Waals surface area contributed by atoms with Crippen LogP contribution in [0.4, 0.5) is 11.4 Å². The SMILES string of the molecule is Nc1cc(Br)cc(NC(=O)c2cnn(-c3ccccn3)c2)c1. The lowest BCUT2D eigenvalue weighted by Gasteiger charge is -2.05. The highest BCUT2D eigenvalue weighted by atomic mass is 79.9. The second-order valence-corrected chi connectivity index (χ2v) is 5.50. The fourth-order valence-corrected chi connectivity index (χ4v) is 2.45. The van der Waals surface area contributed by atoms with Crippen molar-refractivity contribution in [1.29, 1.82) is 0 Å². The predicted octanol–water partition coefficient (Wildman–Crippen LogP) is 2.86. The quantitative estimate of drug-likeness (QED) is 0.705. The summed E-state index contributed by atoms with van der Waals surface area (Å²) in [5.41, 5.74) is 7.36. The molecule has 0 aliphatic heterocycles. The molecule has 0 spiro atoms. The first-order chi connectivity index (χ1) is 10.6. The summed E-state index contributed by atoms with van der Waals surface area (Å²) in [6, 6.07) is 10.7. The van der Waals surface area contributed by atoms with Crippen LogP contribution in [0.1, 0.15) is 10.4 Å². The maximum absolute atomic E-state index is 12.2. The fraction of sp³-hybridized carbons (Fsp3) is 0. The van der Waals surface area contributed by atoms with Crippen molar-refractivity contribution in [3.8, 4) is 5.82 Å². The lowest BCUT2D eigenvalue weighted by molar-refractivity contribution is 0.102. The van der Waals surface area contributed by atoms with Crippen LogP contribution in [0, 0.1) is 0 Å². The molecule has 0 saturated carbocycles. The zero-order valence-corrected chi connectivity index (χ0v) is 13.0. The minimum atomic E-state index is -0.264. The van der Waals surface area contributed by atoms with Crippen molar-refractivity contribution in [2.45, 2.75) is 0 Å². The number of nitrogens with one attached hydrogen (secondary N) is 1. The van der Waals surface area contributed by atoms with Crippen molar-refractivity contribution in [3.63, 3.8) is 0 Å². The van der Waals surface area contributed by atoms with Crippen LogP contribution in [0.2, 0.25) is 0 Å². The number of nitrogen functional groups attached to an aromatic ring is 1. The van der Waals surface area contributed by atoms with Gasteiger partial charge >= 0.3 is 0 Å². The van der Waals surface area contributed by atoms with Crippen LogP contribution in [0.15, 0.2) is 59.5 Å². The third-order valence-electron chi connectivity index (χ3n) is 2.91. The molecule has 0 unspecified atom stereocenters. The van der Waals surface area contributed by atoms with E-state index in [0.29, 0.717) is 22.8 Å². The normalized spacial score (nSPS) is 10.4. The van der Waals surface area contributed by atoms with Gasteiger partial charge in [0, 0.05) is 28.2 Å². The summed E-state index contributed by atoms with van der Waals surface area (Å²) in [5, 5.41) is 6.93. The van der Waals surface area contributed by atoms with Gasteiger partial charge in [0.25, 0.3) is 5.91 Å². The Morgan fingerprint density at radius 1 is 1.27 bits per heavy atom. The van der Waals surface area contributed by atoms with Crippen molar-refractivity contribution in [1.82, 2.24) is 14.8 Å². The smallest absolute Gasteiger partial charge is 0.258 e. The number of halogens is 1. The summed E-state index contributed by atoms with van der Waals surface area (Å²) >= 11 is 3.34. The van der Waals surface area contributed by atoms with Gasteiger partial charge in [-0.05, 0) is 30.3 Å². The largest absolute Gasteiger partial charge is 0.399 e. The Bertz CT molecular complexity index is 796. The molecule has 0 radical (unpaired) electrons. The van der Waals surface area contributed by atoms with Gasteiger partial charge in [0.05, 0.1) is 11.8 Å². The van der Waals surface area contributed by atoms with E-state index in [2.05, 4.69) is 31.3 Å². The van der Waals surface area contributed by atoms with Crippen LogP contribution in [0.25, 0.3) is 5.82 Å². The Morgan fingerprint density at radius 3 is 2.86 bits per heavy atom. The van der Waals surface area contributed by atoms with E-state index in [-0.39, 0.29) is 5.91 Å². The molecule has 0 saturated heterocycles. The van der Waals surface area contributed by atoms with Crippen molar-refractivity contribution >= 4 is 33.2 Å². The standard InChI is InChI=1S/C15H12BrN5O/c16-11-5-12(17)7-13(6-11)20-15(22)10-8-19-21(9-10)14-3-1-2-4-18-14/h1-9H,17H2,(H,20,22). The molecule has 2 heterocycles. The molecule has 2 aromatic heterocycles. The third kappa shape index (κ3) is 3.15. The lowest BCUT2D eigenvalue weighted by atomic mass is 10.2. The summed E-state index contributed by atoms with van der Waals surface area (Å²) in [5.74, 6) is 0.382. The van der Waals surface area contributed by atoms with Gasteiger partial charge in [-0.3, -0.25) is 4.79 Å². The number of hydrogen-bond acceptors (Lipinski definition) is 4. The Labute approximate surface area is 135 Å². The Morgan fingerprint density at radius 2 is 2.14 bits per heavy atom. The van der Waals surface area contributed by atoms with Crippen LogP contribution >= 0.6 is 15.9 Å². The Hall–Kier alpha value is -2.67. The van der Waals surface area contributed by atoms with Gasteiger partial charge in [-0.2, -0.15) is 5.10 Å². The average molecular weight is 358 g/mol. The molecule has 0 bridgehead atoms. The second kappa shape index (κ2) is 5.98. The van der Waals surface area contributed by atoms with Crippen LogP contribution in [0.5, 0.6) is 0 Å². The molecule has 0 fully saturated rings. The number of amides is 1. The molecule has 0 aliphatic rings. The highest BCUT2D eigenvalue weighted by molar-refractivity contribution is 9.10. The number of aromatic nitrogens is 3. The lowest BCUT2D eigenvalue weighted by Crippen LogP contribution is -2.11. The first-order valence-corrected chi connectivity index (χ1v) is 7.24. The van der Waals surface area contributed by atoms with E-state index in [1.54, 1.807) is 35.3 Å². The summed E-state index contributed by atoms with van der Waals surface area (Å²) in [4.78, 5) is 16.4. The summed E-state index contributed by atoms with van der Waals surface area (Å²) in [6.45, 7) is 0. The number of pyridine rings is 1. The number of benzene rings is 1. The van der Waals surface area contributed by atoms with Gasteiger partial charge < -0.3 is 11.1 Å². The molecule has 7 heteroatoms. The number of anilines is 2. The van der Waals surface area contributed by atoms with E-state index in [4.69, 9.17) is 5.73 Å². The van der Waals surface area contributed by atoms with Gasteiger partial charge in [0.15, 0.2) is 5.82 Å². The molecule has 110 valence electrons. The highest BCUT2D eigenvalue weighted by Gasteiger charge is 2.10. The van der Waals surface area contributed by atoms with Gasteiger partial charge in [-0.25, -0.2) is 9.67 Å². The molecular weight excluding hydrogens is 346 g/mol. The van der Waals surface area contributed by atoms with Crippen LogP contribution in [-0.4, -0.2) is 20.7 Å². The van der Waals surface area contributed by atoms with E-state index >= 15 is 0 Å². The van der Waals surface area contributed by atoms with Crippen molar-refractivity contribution in [2.24, 2.45) is 0 Å². The maximum atomic E-state index is 12.2. The number of rotatable bonds is 3. The van der Waals surface area contributed by atoms with Gasteiger partial charge in [0.1, 0.15) is 0 Å². The average Bonchev–Trinajstić information content (AvgIpc) is 2.97. The van der Waals surface area contributed by atoms with Gasteiger partial charge in [0.2, 0.25) is 0 Å². The van der Waals surface area contributed by atoms with E-state index < -0.39 is 0 Å². The molecule has 22 heavy (non-hydrogen) atoms. The van der Waals surface area contributed by atoms with E-state index in [1.165, 1.54) is 6.20 Å². The number of hydrogen-bond donors (Lipinski definition) is 2. The predicted molar refractivity (Wildman–Crippen MR) is 87.9 cm³/mol. The van der Waals surface area contributed by atoms with E-state index in [0.717, 1.165) is 4.47 Å². The topological polar surface area (TPSA) is 85.8 Å². The Balaban J connectivity index is 1.80. The van der Waals surface area contributed by atoms with Gasteiger partial charge in [-0.15, -0.1) is 0 Å². The zero-order valence-electron chi connectivity index (χ0n) is 11.4. The first-order valence-electron chi connectivity index (χ1n) is 6.45. The van der Waals surface area contributed by atoms with Crippen LogP contribution in [-0.2, 0) is 0 Å². The van der Waals surface area contributed by atoms with Crippen LogP contribution < -0.4 is 11.1 Å². The highest BCUT2D eigenvalue weighted by Crippen LogP contribution is 2.21. The maximum Gasteiger partial charge on any atom is 0.258 e. The molecule has 3 aromatic rings. The van der Waals surface area contributed by atoms with Crippen molar-refractivity contribution < 1.29 is 4.79 Å². The minimum Gasteiger partial charge on any atom is -0.399 e. The molecule has 1 aromatic carbocycles. The van der Waals surface area contributed by atoms with E-state index in [1.807, 2.05) is 18.2 Å². The fourth-order valence-electron chi connectivity index (χ4n) is 1.94. The van der Waals surface area contributed by atoms with E-state index in [9.17, 15) is 4.79 Å². The summed E-state index contributed by atoms with van der Waals surface area (Å²) < 4.78 is 2.34. The number of nitrogens with two attached hydrogens (primary N) is 1. The third-order valence-corrected chi connectivity index (χ3v) is 3.36. The Kier molecular flexibility index (Phi) is 3.88. The molecular formula is C15H12BrN5O. The number of carbonyl (C=O) groups excluding carboxylic acids is 1. The van der Waals surface area contributed by atoms with Crippen molar-refractivity contribution in [3.05, 3.63) is 65.0 Å². The minimum absolute atomic E-state index is 0.264. The number of carbonyl (C=O) groups is 1.